The lowest BCUT2D eigenvalue weighted by molar-refractivity contribution is -0.120. The summed E-state index contributed by atoms with van der Waals surface area (Å²) in [6, 6.07) is 14.6. The summed E-state index contributed by atoms with van der Waals surface area (Å²) in [4.78, 5) is 23.9. The van der Waals surface area contributed by atoms with E-state index in [9.17, 15) is 9.59 Å². The van der Waals surface area contributed by atoms with Crippen LogP contribution in [0.2, 0.25) is 0 Å². The molecule has 0 aliphatic heterocycles. The molecule has 6 nitrogen and oxygen atoms in total. The third kappa shape index (κ3) is 3.43. The number of amides is 1. The first-order valence-corrected chi connectivity index (χ1v) is 7.53. The van der Waals surface area contributed by atoms with E-state index in [2.05, 4.69) is 15.5 Å². The highest BCUT2D eigenvalue weighted by molar-refractivity contribution is 5.84. The fraction of sp³-hybridized carbons (Fsp3) is 0.167. The van der Waals surface area contributed by atoms with E-state index in [4.69, 9.17) is 4.74 Å². The zero-order valence-corrected chi connectivity index (χ0v) is 13.2. The molecule has 0 fully saturated rings. The van der Waals surface area contributed by atoms with E-state index in [1.165, 1.54) is 0 Å². The summed E-state index contributed by atoms with van der Waals surface area (Å²) in [5.74, 6) is 0.592. The molecule has 3 rings (SSSR count). The quantitative estimate of drug-likeness (QED) is 0.750. The average molecular weight is 323 g/mol. The maximum atomic E-state index is 12.1. The van der Waals surface area contributed by atoms with Gasteiger partial charge in [-0.1, -0.05) is 30.3 Å². The van der Waals surface area contributed by atoms with E-state index in [1.54, 1.807) is 19.2 Å². The molecule has 0 aliphatic carbocycles. The first-order chi connectivity index (χ1) is 11.7. The van der Waals surface area contributed by atoms with Crippen LogP contribution in [0.25, 0.3) is 10.8 Å². The second-order valence-electron chi connectivity index (χ2n) is 5.35. The Kier molecular flexibility index (Phi) is 4.56. The van der Waals surface area contributed by atoms with Crippen molar-refractivity contribution in [2.24, 2.45) is 0 Å². The lowest BCUT2D eigenvalue weighted by Gasteiger charge is -2.08. The van der Waals surface area contributed by atoms with Crippen LogP contribution in [-0.4, -0.2) is 23.2 Å². The van der Waals surface area contributed by atoms with Gasteiger partial charge in [-0.05, 0) is 23.8 Å². The molecule has 1 heterocycles. The number of hydrogen-bond acceptors (Lipinski definition) is 4. The molecule has 1 aromatic heterocycles. The number of methoxy groups -OCH3 is 1. The number of nitrogens with zero attached hydrogens (tertiary/aromatic N) is 1. The van der Waals surface area contributed by atoms with Crippen molar-refractivity contribution in [3.05, 3.63) is 70.1 Å². The van der Waals surface area contributed by atoms with Gasteiger partial charge in [-0.2, -0.15) is 5.10 Å². The fourth-order valence-corrected chi connectivity index (χ4v) is 2.52. The van der Waals surface area contributed by atoms with Crippen LogP contribution in [0, 0.1) is 0 Å². The average Bonchev–Trinajstić information content (AvgIpc) is 2.61. The van der Waals surface area contributed by atoms with Gasteiger partial charge in [-0.3, -0.25) is 9.59 Å². The SMILES string of the molecule is COc1cccc(CC(=O)NCc2n[nH]c(=O)c3ccccc23)c1. The van der Waals surface area contributed by atoms with Gasteiger partial charge in [-0.25, -0.2) is 5.10 Å². The third-order valence-corrected chi connectivity index (χ3v) is 3.73. The first kappa shape index (κ1) is 15.7. The summed E-state index contributed by atoms with van der Waals surface area (Å²) < 4.78 is 5.15. The minimum atomic E-state index is -0.239. The summed E-state index contributed by atoms with van der Waals surface area (Å²) in [5, 5.41) is 10.6. The van der Waals surface area contributed by atoms with Crippen molar-refractivity contribution < 1.29 is 9.53 Å². The molecule has 24 heavy (non-hydrogen) atoms. The Balaban J connectivity index is 1.70. The van der Waals surface area contributed by atoms with E-state index >= 15 is 0 Å². The van der Waals surface area contributed by atoms with Crippen molar-refractivity contribution in [2.75, 3.05) is 7.11 Å². The van der Waals surface area contributed by atoms with E-state index in [1.807, 2.05) is 36.4 Å². The molecule has 0 radical (unpaired) electrons. The van der Waals surface area contributed by atoms with Crippen molar-refractivity contribution in [3.8, 4) is 5.75 Å². The lowest BCUT2D eigenvalue weighted by atomic mass is 10.1. The predicted octanol–water partition coefficient (Wildman–Crippen LogP) is 1.79. The highest BCUT2D eigenvalue weighted by Crippen LogP contribution is 2.14. The molecule has 0 spiro atoms. The molecule has 0 atom stereocenters. The van der Waals surface area contributed by atoms with Gasteiger partial charge in [0.2, 0.25) is 5.91 Å². The summed E-state index contributed by atoms with van der Waals surface area (Å²) in [5.41, 5.74) is 1.26. The van der Waals surface area contributed by atoms with Gasteiger partial charge in [0.15, 0.2) is 0 Å². The van der Waals surface area contributed by atoms with Crippen LogP contribution < -0.4 is 15.6 Å². The number of benzene rings is 2. The number of ether oxygens (including phenoxy) is 1. The van der Waals surface area contributed by atoms with Gasteiger partial charge in [0.1, 0.15) is 5.75 Å². The third-order valence-electron chi connectivity index (χ3n) is 3.73. The zero-order chi connectivity index (χ0) is 16.9. The molecule has 122 valence electrons. The monoisotopic (exact) mass is 323 g/mol. The van der Waals surface area contributed by atoms with Crippen molar-refractivity contribution in [3.63, 3.8) is 0 Å². The second-order valence-corrected chi connectivity index (χ2v) is 5.35. The van der Waals surface area contributed by atoms with Gasteiger partial charge < -0.3 is 10.1 Å². The van der Waals surface area contributed by atoms with Crippen LogP contribution in [0.4, 0.5) is 0 Å². The number of aromatic amines is 1. The van der Waals surface area contributed by atoms with Crippen LogP contribution in [0.15, 0.2) is 53.3 Å². The highest BCUT2D eigenvalue weighted by Gasteiger charge is 2.08. The number of hydrogen-bond donors (Lipinski definition) is 2. The van der Waals surface area contributed by atoms with Crippen LogP contribution in [0.5, 0.6) is 5.75 Å². The Labute approximate surface area is 138 Å². The van der Waals surface area contributed by atoms with E-state index in [-0.39, 0.29) is 24.4 Å². The Morgan fingerprint density at radius 3 is 2.75 bits per heavy atom. The second kappa shape index (κ2) is 6.95. The van der Waals surface area contributed by atoms with Gasteiger partial charge in [0.25, 0.3) is 5.56 Å². The number of carbonyl (C=O) groups is 1. The molecule has 0 saturated heterocycles. The van der Waals surface area contributed by atoms with Crippen LogP contribution in [0.3, 0.4) is 0 Å². The molecule has 0 saturated carbocycles. The van der Waals surface area contributed by atoms with Gasteiger partial charge >= 0.3 is 0 Å². The molecule has 2 aromatic carbocycles. The van der Waals surface area contributed by atoms with E-state index in [0.717, 1.165) is 10.9 Å². The minimum Gasteiger partial charge on any atom is -0.497 e. The number of rotatable bonds is 5. The smallest absolute Gasteiger partial charge is 0.272 e. The van der Waals surface area contributed by atoms with Gasteiger partial charge in [0.05, 0.1) is 31.2 Å². The molecule has 6 heteroatoms. The number of aromatic nitrogens is 2. The summed E-state index contributed by atoms with van der Waals surface area (Å²) in [6.07, 6.45) is 0.248. The molecular weight excluding hydrogens is 306 g/mol. The molecule has 1 amide bonds. The number of carbonyl (C=O) groups excluding carboxylic acids is 1. The molecule has 2 N–H and O–H groups in total. The van der Waals surface area contributed by atoms with Crippen molar-refractivity contribution in [1.29, 1.82) is 0 Å². The maximum Gasteiger partial charge on any atom is 0.272 e. The number of H-pyrrole nitrogens is 1. The Morgan fingerprint density at radius 1 is 1.17 bits per heavy atom. The van der Waals surface area contributed by atoms with Crippen LogP contribution in [0.1, 0.15) is 11.3 Å². The van der Waals surface area contributed by atoms with E-state index in [0.29, 0.717) is 16.8 Å². The van der Waals surface area contributed by atoms with Crippen molar-refractivity contribution >= 4 is 16.7 Å². The minimum absolute atomic E-state index is 0.125. The number of nitrogens with one attached hydrogen (secondary N) is 2. The topological polar surface area (TPSA) is 84.1 Å². The molecule has 0 aliphatic rings. The Morgan fingerprint density at radius 2 is 1.96 bits per heavy atom. The largest absolute Gasteiger partial charge is 0.497 e. The normalized spacial score (nSPS) is 10.5. The van der Waals surface area contributed by atoms with Crippen LogP contribution >= 0.6 is 0 Å². The van der Waals surface area contributed by atoms with Crippen molar-refractivity contribution in [1.82, 2.24) is 15.5 Å². The first-order valence-electron chi connectivity index (χ1n) is 7.53. The Bertz CT molecular complexity index is 934. The Hall–Kier alpha value is -3.15. The summed E-state index contributed by atoms with van der Waals surface area (Å²) >= 11 is 0. The summed E-state index contributed by atoms with van der Waals surface area (Å²) in [7, 11) is 1.59. The highest BCUT2D eigenvalue weighted by atomic mass is 16.5. The molecule has 0 unspecified atom stereocenters. The predicted molar refractivity (Wildman–Crippen MR) is 90.9 cm³/mol. The van der Waals surface area contributed by atoms with Gasteiger partial charge in [-0.15, -0.1) is 0 Å². The molecule has 0 bridgehead atoms. The van der Waals surface area contributed by atoms with Crippen LogP contribution in [-0.2, 0) is 17.8 Å². The van der Waals surface area contributed by atoms with Gasteiger partial charge in [0, 0.05) is 5.39 Å². The maximum absolute atomic E-state index is 12.1. The zero-order valence-electron chi connectivity index (χ0n) is 13.2. The van der Waals surface area contributed by atoms with Crippen molar-refractivity contribution in [2.45, 2.75) is 13.0 Å². The molecule has 3 aromatic rings. The number of fused-ring (bicyclic) bond motifs is 1. The summed E-state index contributed by atoms with van der Waals surface area (Å²) in [6.45, 7) is 0.250. The fourth-order valence-electron chi connectivity index (χ4n) is 2.52. The lowest BCUT2D eigenvalue weighted by Crippen LogP contribution is -2.26. The van der Waals surface area contributed by atoms with E-state index < -0.39 is 0 Å². The molecular formula is C18H17N3O3. The standard InChI is InChI=1S/C18H17N3O3/c1-24-13-6-4-5-12(9-13)10-17(22)19-11-16-14-7-2-3-8-15(14)18(23)21-20-16/h2-9H,10-11H2,1H3,(H,19,22)(H,21,23).